The van der Waals surface area contributed by atoms with Gasteiger partial charge in [-0.3, -0.25) is 14.2 Å². The van der Waals surface area contributed by atoms with Crippen molar-refractivity contribution < 1.29 is 18.7 Å². The van der Waals surface area contributed by atoms with E-state index in [1.54, 1.807) is 24.3 Å². The monoisotopic (exact) mass is 332 g/mol. The van der Waals surface area contributed by atoms with E-state index in [-0.39, 0.29) is 18.5 Å². The molecular formula is C17H20N2O5. The van der Waals surface area contributed by atoms with Gasteiger partial charge in [0.15, 0.2) is 11.7 Å². The summed E-state index contributed by atoms with van der Waals surface area (Å²) in [5.41, 5.74) is 0.921. The van der Waals surface area contributed by atoms with Gasteiger partial charge in [-0.05, 0) is 31.9 Å². The predicted octanol–water partition coefficient (Wildman–Crippen LogP) is 1.58. The normalized spacial score (nSPS) is 16.2. The van der Waals surface area contributed by atoms with Gasteiger partial charge in [-0.2, -0.15) is 0 Å². The van der Waals surface area contributed by atoms with Crippen LogP contribution < -0.4 is 11.1 Å². The summed E-state index contributed by atoms with van der Waals surface area (Å²) in [6.45, 7) is 1.23. The van der Waals surface area contributed by atoms with Crippen LogP contribution in [0.5, 0.6) is 0 Å². The van der Waals surface area contributed by atoms with E-state index in [1.165, 1.54) is 11.5 Å². The Balaban J connectivity index is 1.61. The Kier molecular flexibility index (Phi) is 4.69. The molecule has 1 aromatic carbocycles. The van der Waals surface area contributed by atoms with Gasteiger partial charge in [0.25, 0.3) is 5.91 Å². The third-order valence-electron chi connectivity index (χ3n) is 4.24. The smallest absolute Gasteiger partial charge is 0.420 e. The lowest BCUT2D eigenvalue weighted by molar-refractivity contribution is -0.155. The second-order valence-electron chi connectivity index (χ2n) is 6.04. The largest absolute Gasteiger partial charge is 0.451 e. The third kappa shape index (κ3) is 3.50. The Morgan fingerprint density at radius 2 is 2.04 bits per heavy atom. The molecule has 2 aromatic rings. The summed E-state index contributed by atoms with van der Waals surface area (Å²) in [6.07, 6.45) is 3.24. The quantitative estimate of drug-likeness (QED) is 0.840. The second kappa shape index (κ2) is 6.90. The first-order chi connectivity index (χ1) is 11.5. The molecule has 0 saturated heterocycles. The molecule has 0 bridgehead atoms. The van der Waals surface area contributed by atoms with Crippen molar-refractivity contribution in [3.8, 4) is 0 Å². The van der Waals surface area contributed by atoms with Gasteiger partial charge in [-0.15, -0.1) is 0 Å². The number of rotatable bonds is 5. The van der Waals surface area contributed by atoms with Gasteiger partial charge in [0.05, 0.1) is 5.52 Å². The molecule has 1 aliphatic rings. The van der Waals surface area contributed by atoms with Gasteiger partial charge >= 0.3 is 11.7 Å². The standard InChI is InChI=1S/C17H20N2O5/c1-11(16(21)18-12-6-2-3-7-12)23-15(20)10-19-13-8-4-5-9-14(13)24-17(19)22/h4-5,8-9,11-12H,2-3,6-7,10H2,1H3,(H,18,21)/t11-/m1/s1. The summed E-state index contributed by atoms with van der Waals surface area (Å²) in [7, 11) is 0. The fraction of sp³-hybridized carbons (Fsp3) is 0.471. The van der Waals surface area contributed by atoms with Crippen LogP contribution in [-0.4, -0.2) is 28.6 Å². The van der Waals surface area contributed by atoms with Crippen LogP contribution in [0.25, 0.3) is 11.1 Å². The zero-order chi connectivity index (χ0) is 17.1. The molecule has 1 aromatic heterocycles. The number of esters is 1. The number of aromatic nitrogens is 1. The van der Waals surface area contributed by atoms with E-state index >= 15 is 0 Å². The molecule has 128 valence electrons. The fourth-order valence-electron chi connectivity index (χ4n) is 2.97. The molecule has 7 heteroatoms. The lowest BCUT2D eigenvalue weighted by Crippen LogP contribution is -2.41. The van der Waals surface area contributed by atoms with Crippen molar-refractivity contribution in [1.29, 1.82) is 0 Å². The predicted molar refractivity (Wildman–Crippen MR) is 86.4 cm³/mol. The minimum absolute atomic E-state index is 0.166. The molecule has 1 atom stereocenters. The second-order valence-corrected chi connectivity index (χ2v) is 6.04. The zero-order valence-corrected chi connectivity index (χ0v) is 13.5. The van der Waals surface area contributed by atoms with Crippen LogP contribution in [0.3, 0.4) is 0 Å². The topological polar surface area (TPSA) is 90.5 Å². The van der Waals surface area contributed by atoms with Crippen molar-refractivity contribution >= 4 is 23.0 Å². The summed E-state index contributed by atoms with van der Waals surface area (Å²) in [6, 6.07) is 6.99. The van der Waals surface area contributed by atoms with E-state index < -0.39 is 17.8 Å². The van der Waals surface area contributed by atoms with Gasteiger partial charge in [-0.1, -0.05) is 25.0 Å². The van der Waals surface area contributed by atoms with E-state index in [4.69, 9.17) is 9.15 Å². The third-order valence-corrected chi connectivity index (χ3v) is 4.24. The summed E-state index contributed by atoms with van der Waals surface area (Å²) >= 11 is 0. The molecule has 3 rings (SSSR count). The highest BCUT2D eigenvalue weighted by atomic mass is 16.5. The SMILES string of the molecule is C[C@@H](OC(=O)Cn1c(=O)oc2ccccc21)C(=O)NC1CCCC1. The average Bonchev–Trinajstić information content (AvgIpc) is 3.16. The van der Waals surface area contributed by atoms with E-state index in [2.05, 4.69) is 5.32 Å². The Morgan fingerprint density at radius 3 is 2.79 bits per heavy atom. The molecule has 1 amide bonds. The van der Waals surface area contributed by atoms with E-state index in [1.807, 2.05) is 0 Å². The molecule has 0 unspecified atom stereocenters. The molecule has 7 nitrogen and oxygen atoms in total. The number of carbonyl (C=O) groups is 2. The number of fused-ring (bicyclic) bond motifs is 1. The molecule has 0 aliphatic heterocycles. The average molecular weight is 332 g/mol. The van der Waals surface area contributed by atoms with Crippen LogP contribution in [0, 0.1) is 0 Å². The van der Waals surface area contributed by atoms with Crippen molar-refractivity contribution in [2.75, 3.05) is 0 Å². The molecule has 1 heterocycles. The molecule has 1 N–H and O–H groups in total. The first-order valence-electron chi connectivity index (χ1n) is 8.13. The maximum Gasteiger partial charge on any atom is 0.420 e. The highest BCUT2D eigenvalue weighted by Gasteiger charge is 2.23. The van der Waals surface area contributed by atoms with Crippen LogP contribution in [0.2, 0.25) is 0 Å². The first-order valence-corrected chi connectivity index (χ1v) is 8.13. The lowest BCUT2D eigenvalue weighted by atomic mass is 10.2. The van der Waals surface area contributed by atoms with Gasteiger partial charge in [0.2, 0.25) is 0 Å². The first kappa shape index (κ1) is 16.3. The van der Waals surface area contributed by atoms with E-state index in [0.29, 0.717) is 11.1 Å². The van der Waals surface area contributed by atoms with Gasteiger partial charge in [-0.25, -0.2) is 4.79 Å². The number of benzene rings is 1. The number of ether oxygens (including phenoxy) is 1. The van der Waals surface area contributed by atoms with Gasteiger partial charge in [0, 0.05) is 6.04 Å². The maximum atomic E-state index is 12.1. The van der Waals surface area contributed by atoms with Crippen molar-refractivity contribution in [1.82, 2.24) is 9.88 Å². The minimum Gasteiger partial charge on any atom is -0.451 e. The molecule has 0 radical (unpaired) electrons. The molecule has 1 fully saturated rings. The molecule has 1 saturated carbocycles. The Hall–Kier alpha value is -2.57. The highest BCUT2D eigenvalue weighted by molar-refractivity contribution is 5.84. The zero-order valence-electron chi connectivity index (χ0n) is 13.5. The number of nitrogens with zero attached hydrogens (tertiary/aromatic N) is 1. The summed E-state index contributed by atoms with van der Waals surface area (Å²) in [5, 5.41) is 2.88. The van der Waals surface area contributed by atoms with E-state index in [9.17, 15) is 14.4 Å². The van der Waals surface area contributed by atoms with Crippen molar-refractivity contribution in [2.45, 2.75) is 51.3 Å². The van der Waals surface area contributed by atoms with E-state index in [0.717, 1.165) is 25.7 Å². The van der Waals surface area contributed by atoms with Crippen LogP contribution >= 0.6 is 0 Å². The number of oxazole rings is 1. The minimum atomic E-state index is -0.896. The number of amides is 1. The van der Waals surface area contributed by atoms with Crippen LogP contribution in [0.15, 0.2) is 33.5 Å². The van der Waals surface area contributed by atoms with Crippen LogP contribution in [-0.2, 0) is 20.9 Å². The Bertz CT molecular complexity index is 801. The molecule has 0 spiro atoms. The van der Waals surface area contributed by atoms with Crippen LogP contribution in [0.4, 0.5) is 0 Å². The van der Waals surface area contributed by atoms with Crippen LogP contribution in [0.1, 0.15) is 32.6 Å². The summed E-state index contributed by atoms with van der Waals surface area (Å²) in [4.78, 5) is 35.9. The summed E-state index contributed by atoms with van der Waals surface area (Å²) < 4.78 is 11.4. The van der Waals surface area contributed by atoms with Crippen molar-refractivity contribution in [3.63, 3.8) is 0 Å². The number of hydrogen-bond acceptors (Lipinski definition) is 5. The molecule has 24 heavy (non-hydrogen) atoms. The number of hydrogen-bond donors (Lipinski definition) is 1. The molecule has 1 aliphatic carbocycles. The number of para-hydroxylation sites is 2. The lowest BCUT2D eigenvalue weighted by Gasteiger charge is -2.17. The summed E-state index contributed by atoms with van der Waals surface area (Å²) in [5.74, 6) is -1.59. The fourth-order valence-corrected chi connectivity index (χ4v) is 2.97. The molecular weight excluding hydrogens is 312 g/mol. The number of carbonyl (C=O) groups excluding carboxylic acids is 2. The number of nitrogens with one attached hydrogen (secondary N) is 1. The Morgan fingerprint density at radius 1 is 1.33 bits per heavy atom. The van der Waals surface area contributed by atoms with Gasteiger partial charge < -0.3 is 14.5 Å². The van der Waals surface area contributed by atoms with Crippen molar-refractivity contribution in [3.05, 3.63) is 34.8 Å². The maximum absolute atomic E-state index is 12.1. The van der Waals surface area contributed by atoms with Gasteiger partial charge in [0.1, 0.15) is 6.54 Å². The Labute approximate surface area is 138 Å². The van der Waals surface area contributed by atoms with Crippen molar-refractivity contribution in [2.24, 2.45) is 0 Å². The highest BCUT2D eigenvalue weighted by Crippen LogP contribution is 2.18.